The summed E-state index contributed by atoms with van der Waals surface area (Å²) in [4.78, 5) is 0. The van der Waals surface area contributed by atoms with Crippen molar-refractivity contribution >= 4 is 17.3 Å². The summed E-state index contributed by atoms with van der Waals surface area (Å²) < 4.78 is 1.88. The van der Waals surface area contributed by atoms with Crippen molar-refractivity contribution in [1.82, 2.24) is 14.8 Å². The number of nitrogens with zero attached hydrogens (tertiary/aromatic N) is 3. The van der Waals surface area contributed by atoms with E-state index in [1.165, 1.54) is 0 Å². The van der Waals surface area contributed by atoms with Gasteiger partial charge in [0.2, 0.25) is 0 Å². The molecule has 0 fully saturated rings. The first-order valence-electron chi connectivity index (χ1n) is 4.51. The predicted octanol–water partition coefficient (Wildman–Crippen LogP) is 2.03. The van der Waals surface area contributed by atoms with Crippen molar-refractivity contribution in [2.24, 2.45) is 7.05 Å². The van der Waals surface area contributed by atoms with E-state index in [2.05, 4.69) is 10.2 Å². The lowest BCUT2D eigenvalue weighted by Crippen LogP contribution is -1.98. The van der Waals surface area contributed by atoms with Crippen LogP contribution in [0.5, 0.6) is 0 Å². The van der Waals surface area contributed by atoms with E-state index in [1.807, 2.05) is 18.5 Å². The minimum atomic E-state index is 0.639. The molecular weight excluding hydrogens is 212 g/mol. The third-order valence-electron chi connectivity index (χ3n) is 2.35. The number of aryl methyl sites for hydroxylation is 1. The number of benzene rings is 1. The molecule has 0 bridgehead atoms. The second-order valence-corrected chi connectivity index (χ2v) is 3.80. The van der Waals surface area contributed by atoms with Crippen molar-refractivity contribution in [2.75, 3.05) is 5.73 Å². The molecule has 2 aromatic rings. The van der Waals surface area contributed by atoms with Crippen molar-refractivity contribution < 1.29 is 0 Å². The van der Waals surface area contributed by atoms with Crippen LogP contribution in [0.15, 0.2) is 18.2 Å². The van der Waals surface area contributed by atoms with Gasteiger partial charge in [-0.25, -0.2) is 0 Å². The van der Waals surface area contributed by atoms with Gasteiger partial charge in [-0.15, -0.1) is 10.2 Å². The van der Waals surface area contributed by atoms with Gasteiger partial charge in [-0.3, -0.25) is 0 Å². The molecule has 0 saturated heterocycles. The molecule has 5 heteroatoms. The zero-order chi connectivity index (χ0) is 11.0. The van der Waals surface area contributed by atoms with Gasteiger partial charge in [0, 0.05) is 23.3 Å². The Hall–Kier alpha value is -1.55. The monoisotopic (exact) mass is 222 g/mol. The van der Waals surface area contributed by atoms with Crippen molar-refractivity contribution in [1.29, 1.82) is 0 Å². The van der Waals surface area contributed by atoms with Crippen LogP contribution in [0.25, 0.3) is 11.4 Å². The second kappa shape index (κ2) is 3.55. The molecule has 0 unspecified atom stereocenters. The number of aromatic nitrogens is 3. The summed E-state index contributed by atoms with van der Waals surface area (Å²) >= 11 is 5.91. The Morgan fingerprint density at radius 2 is 2.07 bits per heavy atom. The first-order valence-corrected chi connectivity index (χ1v) is 4.89. The lowest BCUT2D eigenvalue weighted by atomic mass is 10.1. The normalized spacial score (nSPS) is 10.6. The van der Waals surface area contributed by atoms with Gasteiger partial charge in [0.05, 0.1) is 0 Å². The van der Waals surface area contributed by atoms with Gasteiger partial charge in [-0.2, -0.15) is 0 Å². The third-order valence-corrected chi connectivity index (χ3v) is 2.58. The minimum Gasteiger partial charge on any atom is -0.398 e. The predicted molar refractivity (Wildman–Crippen MR) is 60.6 cm³/mol. The maximum atomic E-state index is 5.91. The average Bonchev–Trinajstić information content (AvgIpc) is 2.52. The van der Waals surface area contributed by atoms with Crippen LogP contribution < -0.4 is 5.73 Å². The van der Waals surface area contributed by atoms with Gasteiger partial charge in [0.25, 0.3) is 0 Å². The molecule has 1 aromatic carbocycles. The molecule has 4 nitrogen and oxygen atoms in total. The van der Waals surface area contributed by atoms with Crippen molar-refractivity contribution in [3.8, 4) is 11.4 Å². The van der Waals surface area contributed by atoms with Gasteiger partial charge in [0.1, 0.15) is 5.82 Å². The Morgan fingerprint density at radius 1 is 1.33 bits per heavy atom. The molecule has 0 aliphatic carbocycles. The van der Waals surface area contributed by atoms with E-state index in [4.69, 9.17) is 17.3 Å². The summed E-state index contributed by atoms with van der Waals surface area (Å²) in [5.41, 5.74) is 7.32. The highest BCUT2D eigenvalue weighted by atomic mass is 35.5. The van der Waals surface area contributed by atoms with Crippen LogP contribution in [0.3, 0.4) is 0 Å². The smallest absolute Gasteiger partial charge is 0.165 e. The fourth-order valence-electron chi connectivity index (χ4n) is 1.36. The van der Waals surface area contributed by atoms with Crippen molar-refractivity contribution in [2.45, 2.75) is 6.92 Å². The Bertz CT molecular complexity index is 504. The van der Waals surface area contributed by atoms with E-state index in [1.54, 1.807) is 18.2 Å². The number of halogens is 1. The zero-order valence-corrected chi connectivity index (χ0v) is 9.28. The van der Waals surface area contributed by atoms with E-state index in [0.29, 0.717) is 10.7 Å². The Morgan fingerprint density at radius 3 is 2.67 bits per heavy atom. The topological polar surface area (TPSA) is 56.7 Å². The standard InChI is InChI=1S/C10H11ClN4/c1-6-13-14-10(15(6)2)8-5-7(11)3-4-9(8)12/h3-5H,12H2,1-2H3. The SMILES string of the molecule is Cc1nnc(-c2cc(Cl)ccc2N)n1C. The molecule has 1 heterocycles. The van der Waals surface area contributed by atoms with Crippen molar-refractivity contribution in [3.63, 3.8) is 0 Å². The average molecular weight is 223 g/mol. The molecular formula is C10H11ClN4. The van der Waals surface area contributed by atoms with E-state index in [9.17, 15) is 0 Å². The Labute approximate surface area is 92.7 Å². The highest BCUT2D eigenvalue weighted by Gasteiger charge is 2.10. The third kappa shape index (κ3) is 1.68. The van der Waals surface area contributed by atoms with Crippen LogP contribution in [-0.2, 0) is 7.05 Å². The molecule has 0 aliphatic rings. The van der Waals surface area contributed by atoms with Gasteiger partial charge in [0.15, 0.2) is 5.82 Å². The lowest BCUT2D eigenvalue weighted by molar-refractivity contribution is 0.865. The molecule has 15 heavy (non-hydrogen) atoms. The van der Waals surface area contributed by atoms with Crippen LogP contribution >= 0.6 is 11.6 Å². The summed E-state index contributed by atoms with van der Waals surface area (Å²) in [5.74, 6) is 1.57. The fraction of sp³-hybridized carbons (Fsp3) is 0.200. The van der Waals surface area contributed by atoms with Gasteiger partial charge in [-0.1, -0.05) is 11.6 Å². The van der Waals surface area contributed by atoms with E-state index < -0.39 is 0 Å². The fourth-order valence-corrected chi connectivity index (χ4v) is 1.54. The minimum absolute atomic E-state index is 0.639. The molecule has 0 atom stereocenters. The molecule has 0 spiro atoms. The highest BCUT2D eigenvalue weighted by Crippen LogP contribution is 2.27. The molecule has 0 saturated carbocycles. The van der Waals surface area contributed by atoms with Gasteiger partial charge < -0.3 is 10.3 Å². The Balaban J connectivity index is 2.63. The summed E-state index contributed by atoms with van der Waals surface area (Å²) in [7, 11) is 1.89. The van der Waals surface area contributed by atoms with Gasteiger partial charge in [-0.05, 0) is 25.1 Å². The van der Waals surface area contributed by atoms with Crippen molar-refractivity contribution in [3.05, 3.63) is 29.0 Å². The van der Waals surface area contributed by atoms with Crippen LogP contribution in [0.2, 0.25) is 5.02 Å². The first-order chi connectivity index (χ1) is 7.09. The summed E-state index contributed by atoms with van der Waals surface area (Å²) in [5, 5.41) is 8.68. The van der Waals surface area contributed by atoms with E-state index in [0.717, 1.165) is 17.2 Å². The second-order valence-electron chi connectivity index (χ2n) is 3.36. The quantitative estimate of drug-likeness (QED) is 0.752. The number of rotatable bonds is 1. The summed E-state index contributed by atoms with van der Waals surface area (Å²) in [6.45, 7) is 1.89. The lowest BCUT2D eigenvalue weighted by Gasteiger charge is -2.05. The highest BCUT2D eigenvalue weighted by molar-refractivity contribution is 6.31. The number of hydrogen-bond acceptors (Lipinski definition) is 3. The van der Waals surface area contributed by atoms with Gasteiger partial charge >= 0.3 is 0 Å². The maximum Gasteiger partial charge on any atom is 0.165 e. The van der Waals surface area contributed by atoms with Crippen LogP contribution in [0.1, 0.15) is 5.82 Å². The molecule has 0 aliphatic heterocycles. The molecule has 1 aromatic heterocycles. The molecule has 2 rings (SSSR count). The summed E-state index contributed by atoms with van der Waals surface area (Å²) in [6, 6.07) is 5.31. The van der Waals surface area contributed by atoms with Crippen LogP contribution in [0, 0.1) is 6.92 Å². The largest absolute Gasteiger partial charge is 0.398 e. The van der Waals surface area contributed by atoms with Crippen LogP contribution in [-0.4, -0.2) is 14.8 Å². The Kier molecular flexibility index (Phi) is 2.36. The van der Waals surface area contributed by atoms with E-state index in [-0.39, 0.29) is 0 Å². The summed E-state index contributed by atoms with van der Waals surface area (Å²) in [6.07, 6.45) is 0. The number of nitrogen functional groups attached to an aromatic ring is 1. The molecule has 2 N–H and O–H groups in total. The number of anilines is 1. The molecule has 78 valence electrons. The number of hydrogen-bond donors (Lipinski definition) is 1. The maximum absolute atomic E-state index is 5.91. The number of nitrogens with two attached hydrogens (primary N) is 1. The first kappa shape index (κ1) is 9.98. The molecule has 0 amide bonds. The van der Waals surface area contributed by atoms with E-state index >= 15 is 0 Å². The molecule has 0 radical (unpaired) electrons. The zero-order valence-electron chi connectivity index (χ0n) is 8.53. The van der Waals surface area contributed by atoms with Crippen LogP contribution in [0.4, 0.5) is 5.69 Å².